The zero-order chi connectivity index (χ0) is 10.7. The molecule has 3 amide bonds. The first-order valence-electron chi connectivity index (χ1n) is 2.09. The van der Waals surface area contributed by atoms with Crippen LogP contribution in [0.3, 0.4) is 0 Å². The van der Waals surface area contributed by atoms with Crippen molar-refractivity contribution in [2.24, 2.45) is 17.2 Å². The summed E-state index contributed by atoms with van der Waals surface area (Å²) in [5.41, 5.74) is 11.8. The Bertz CT molecular complexity index is 121. The van der Waals surface area contributed by atoms with Gasteiger partial charge >= 0.3 is 38.6 Å². The van der Waals surface area contributed by atoms with Crippen LogP contribution in [0, 0.1) is 38.6 Å². The smallest absolute Gasteiger partial charge is 0.530 e. The molecule has 9 nitrogen and oxygen atoms in total. The molecular weight excluding hydrogens is 333 g/mol. The van der Waals surface area contributed by atoms with Crippen LogP contribution < -0.4 is 32.5 Å². The van der Waals surface area contributed by atoms with Crippen LogP contribution in [0.2, 0.25) is 0 Å². The first-order chi connectivity index (χ1) is 5.20. The molecule has 0 saturated carbocycles. The van der Waals surface area contributed by atoms with Crippen LogP contribution in [-0.2, 0) is 0 Å². The maximum atomic E-state index is 8.67. The minimum atomic E-state index is -1.58. The van der Waals surface area contributed by atoms with Gasteiger partial charge in [-0.3, -0.25) is 0 Å². The fourth-order valence-electron chi connectivity index (χ4n) is 0. The minimum absolute atomic E-state index is 0. The summed E-state index contributed by atoms with van der Waals surface area (Å²) in [5, 5.41) is 26.0. The van der Waals surface area contributed by atoms with E-state index >= 15 is 0 Å². The van der Waals surface area contributed by atoms with Crippen LogP contribution in [0.4, 0.5) is 14.4 Å². The van der Waals surface area contributed by atoms with Crippen molar-refractivity contribution in [3.8, 4) is 0 Å². The molecule has 0 fully saturated rings. The topological polar surface area (TPSA) is 198 Å². The van der Waals surface area contributed by atoms with Crippen LogP contribution in [0.1, 0.15) is 0 Å². The van der Waals surface area contributed by atoms with Gasteiger partial charge in [0.15, 0.2) is 0 Å². The molecule has 0 bridgehead atoms. The number of amides is 3. The van der Waals surface area contributed by atoms with E-state index in [9.17, 15) is 0 Å². The van der Waals surface area contributed by atoms with Crippen molar-refractivity contribution in [2.45, 2.75) is 0 Å². The van der Waals surface area contributed by atoms with Gasteiger partial charge in [-0.2, -0.15) is 0 Å². The predicted octanol–water partition coefficient (Wildman–Crippen LogP) is -5.13. The van der Waals surface area contributed by atoms with Gasteiger partial charge in [0.25, 0.3) is 0 Å². The van der Waals surface area contributed by atoms with E-state index < -0.39 is 18.3 Å². The van der Waals surface area contributed by atoms with Crippen LogP contribution in [0.5, 0.6) is 0 Å². The molecule has 78 valence electrons. The number of carbonyl (C=O) groups excluding carboxylic acids is 3. The summed E-state index contributed by atoms with van der Waals surface area (Å²) in [5.74, 6) is 0. The Labute approximate surface area is 103 Å². The molecule has 0 rings (SSSR count). The van der Waals surface area contributed by atoms with Gasteiger partial charge in [-0.05, 0) is 0 Å². The van der Waals surface area contributed by atoms with E-state index in [-0.39, 0.29) is 38.6 Å². The molecule has 6 N–H and O–H groups in total. The van der Waals surface area contributed by atoms with Crippen molar-refractivity contribution in [3.05, 3.63) is 0 Å². The monoisotopic (exact) mass is 339 g/mol. The van der Waals surface area contributed by atoms with E-state index in [2.05, 4.69) is 17.2 Å². The fourth-order valence-corrected chi connectivity index (χ4v) is 0. The van der Waals surface area contributed by atoms with Crippen LogP contribution in [0.25, 0.3) is 0 Å². The second kappa shape index (κ2) is 17.3. The third-order valence-electron chi connectivity index (χ3n) is 0. The zero-order valence-corrected chi connectivity index (χ0v) is 8.15. The molecule has 0 atom stereocenters. The summed E-state index contributed by atoms with van der Waals surface area (Å²) in [7, 11) is 0. The number of primary amides is 3. The van der Waals surface area contributed by atoms with Crippen LogP contribution in [-0.4, -0.2) is 18.3 Å². The normalized spacial score (nSPS) is 5.54. The minimum Gasteiger partial charge on any atom is -0.530 e. The molecule has 0 saturated heterocycles. The third kappa shape index (κ3) is 1120. The van der Waals surface area contributed by atoms with Crippen molar-refractivity contribution in [2.75, 3.05) is 0 Å². The average Bonchev–Trinajstić information content (AvgIpc) is 1.54. The maximum absolute atomic E-state index is 8.67. The summed E-state index contributed by atoms with van der Waals surface area (Å²) >= 11 is 0. The maximum Gasteiger partial charge on any atom is 3.00 e. The molecule has 0 aromatic rings. The summed E-state index contributed by atoms with van der Waals surface area (Å²) in [6.45, 7) is 0. The van der Waals surface area contributed by atoms with E-state index in [4.69, 9.17) is 29.7 Å². The largest absolute Gasteiger partial charge is 3.00 e. The number of carbonyl (C=O) groups is 3. The molecule has 0 aromatic heterocycles. The molecule has 0 aliphatic carbocycles. The first kappa shape index (κ1) is 22.7. The Kier molecular flexibility index (Phi) is 30.2. The van der Waals surface area contributed by atoms with Gasteiger partial charge in [0.2, 0.25) is 0 Å². The number of nitrogens with two attached hydrogens (primary N) is 3. The molecule has 0 aromatic carbocycles. The van der Waals surface area contributed by atoms with Gasteiger partial charge in [-0.15, -0.1) is 0 Å². The van der Waals surface area contributed by atoms with Crippen molar-refractivity contribution in [1.82, 2.24) is 0 Å². The Morgan fingerprint density at radius 2 is 0.692 bits per heavy atom. The quantitative estimate of drug-likeness (QED) is 0.394. The molecule has 0 heterocycles. The van der Waals surface area contributed by atoms with E-state index in [0.717, 1.165) is 0 Å². The Morgan fingerprint density at radius 3 is 0.692 bits per heavy atom. The second-order valence-electron chi connectivity index (χ2n) is 0.957. The number of carboxylic acid groups (broad SMARTS) is 3. The first-order valence-corrected chi connectivity index (χ1v) is 2.09. The summed E-state index contributed by atoms with van der Waals surface area (Å²) in [4.78, 5) is 26.0. The molecule has 0 unspecified atom stereocenters. The van der Waals surface area contributed by atoms with E-state index in [1.165, 1.54) is 0 Å². The number of hydrogen-bond donors (Lipinski definition) is 3. The van der Waals surface area contributed by atoms with Gasteiger partial charge in [-0.25, -0.2) is 0 Å². The number of rotatable bonds is 0. The molecule has 13 heavy (non-hydrogen) atoms. The summed E-state index contributed by atoms with van der Waals surface area (Å²) < 4.78 is 0. The van der Waals surface area contributed by atoms with E-state index in [1.807, 2.05) is 0 Å². The van der Waals surface area contributed by atoms with Gasteiger partial charge in [0, 0.05) is 0 Å². The number of hydrogen-bond acceptors (Lipinski definition) is 6. The SMILES string of the molecule is NC(=O)[O-].NC(=O)[O-].NC(=O)[O-].[Tb+3]. The van der Waals surface area contributed by atoms with Crippen molar-refractivity contribution in [1.29, 1.82) is 0 Å². The van der Waals surface area contributed by atoms with E-state index in [0.29, 0.717) is 0 Å². The summed E-state index contributed by atoms with van der Waals surface area (Å²) in [6, 6.07) is 0. The Hall–Kier alpha value is -0.904. The van der Waals surface area contributed by atoms with Crippen LogP contribution >= 0.6 is 0 Å². The van der Waals surface area contributed by atoms with Gasteiger partial charge in [0.05, 0.1) is 0 Å². The third-order valence-corrected chi connectivity index (χ3v) is 0. The van der Waals surface area contributed by atoms with Gasteiger partial charge in [0.1, 0.15) is 18.3 Å². The van der Waals surface area contributed by atoms with Crippen LogP contribution in [0.15, 0.2) is 0 Å². The standard InChI is InChI=1S/3CH3NO2.Tb/c3*2-1(3)4;/h3*2H2,(H,3,4);/q;;;+3/p-3. The fraction of sp³-hybridized carbons (Fsp3) is 0. The van der Waals surface area contributed by atoms with Crippen molar-refractivity contribution < 1.29 is 68.3 Å². The molecule has 0 spiro atoms. The molecule has 0 radical (unpaired) electrons. The second-order valence-corrected chi connectivity index (χ2v) is 0.957. The van der Waals surface area contributed by atoms with E-state index in [1.54, 1.807) is 0 Å². The molecular formula is C3H6N3O6Tb. The van der Waals surface area contributed by atoms with Gasteiger partial charge < -0.3 is 46.9 Å². The average molecular weight is 339 g/mol. The van der Waals surface area contributed by atoms with Crippen molar-refractivity contribution >= 4 is 18.3 Å². The zero-order valence-electron chi connectivity index (χ0n) is 6.01. The Morgan fingerprint density at radius 1 is 0.692 bits per heavy atom. The van der Waals surface area contributed by atoms with Crippen molar-refractivity contribution in [3.63, 3.8) is 0 Å². The molecule has 0 aliphatic rings. The Balaban J connectivity index is -0.0000000450. The summed E-state index contributed by atoms with van der Waals surface area (Å²) in [6.07, 6.45) is -4.75. The predicted molar refractivity (Wildman–Crippen MR) is 28.8 cm³/mol. The molecule has 10 heteroatoms. The van der Waals surface area contributed by atoms with Gasteiger partial charge in [-0.1, -0.05) is 0 Å². The molecule has 0 aliphatic heterocycles.